The molecule has 1 heterocycles. The highest BCUT2D eigenvalue weighted by molar-refractivity contribution is 6.04. The van der Waals surface area contributed by atoms with Gasteiger partial charge in [0.05, 0.1) is 0 Å². The van der Waals surface area contributed by atoms with Crippen LogP contribution in [0.3, 0.4) is 0 Å². The molecule has 6 heteroatoms. The van der Waals surface area contributed by atoms with Crippen molar-refractivity contribution in [3.8, 4) is 0 Å². The van der Waals surface area contributed by atoms with Crippen LogP contribution in [0, 0.1) is 11.6 Å². The molecule has 2 unspecified atom stereocenters. The van der Waals surface area contributed by atoms with Gasteiger partial charge in [-0.1, -0.05) is 49.4 Å². The van der Waals surface area contributed by atoms with Gasteiger partial charge in [-0.2, -0.15) is 0 Å². The maximum absolute atomic E-state index is 14.0. The maximum Gasteiger partial charge on any atom is 0.255 e. The van der Waals surface area contributed by atoms with Crippen LogP contribution in [-0.4, -0.2) is 23.3 Å². The molecule has 2 atom stereocenters. The molecule has 0 radical (unpaired) electrons. The molecule has 0 saturated carbocycles. The summed E-state index contributed by atoms with van der Waals surface area (Å²) < 4.78 is 27.2. The average Bonchev–Trinajstić information content (AvgIpc) is 3.04. The lowest BCUT2D eigenvalue weighted by Crippen LogP contribution is -2.40. The summed E-state index contributed by atoms with van der Waals surface area (Å²) in [4.78, 5) is 27.7. The second-order valence-corrected chi connectivity index (χ2v) is 7.75. The van der Waals surface area contributed by atoms with Crippen molar-refractivity contribution in [1.82, 2.24) is 10.2 Å². The number of nitrogens with zero attached hydrogens (tertiary/aromatic N) is 1. The third-order valence-electron chi connectivity index (χ3n) is 5.58. The van der Waals surface area contributed by atoms with Gasteiger partial charge in [0.15, 0.2) is 0 Å². The summed E-state index contributed by atoms with van der Waals surface area (Å²) in [5.41, 5.74) is 2.46. The molecule has 3 aromatic rings. The Morgan fingerprint density at radius 1 is 1.00 bits per heavy atom. The van der Waals surface area contributed by atoms with Crippen molar-refractivity contribution in [1.29, 1.82) is 0 Å². The van der Waals surface area contributed by atoms with Crippen LogP contribution in [0.25, 0.3) is 0 Å². The summed E-state index contributed by atoms with van der Waals surface area (Å²) in [6.45, 7) is 2.45. The van der Waals surface area contributed by atoms with Crippen molar-refractivity contribution in [2.24, 2.45) is 0 Å². The number of fused-ring (bicyclic) bond motifs is 1. The zero-order chi connectivity index (χ0) is 22.0. The lowest BCUT2D eigenvalue weighted by molar-refractivity contribution is -0.125. The Kier molecular flexibility index (Phi) is 5.80. The second-order valence-electron chi connectivity index (χ2n) is 7.75. The molecular weight excluding hydrogens is 398 g/mol. The molecule has 0 fully saturated rings. The number of halogens is 2. The van der Waals surface area contributed by atoms with Crippen molar-refractivity contribution in [3.63, 3.8) is 0 Å². The highest BCUT2D eigenvalue weighted by Gasteiger charge is 2.41. The zero-order valence-corrected chi connectivity index (χ0v) is 17.0. The molecule has 1 aliphatic rings. The maximum atomic E-state index is 14.0. The van der Waals surface area contributed by atoms with Gasteiger partial charge in [0.2, 0.25) is 5.91 Å². The highest BCUT2D eigenvalue weighted by atomic mass is 19.1. The van der Waals surface area contributed by atoms with E-state index in [1.807, 2.05) is 37.3 Å². The van der Waals surface area contributed by atoms with Gasteiger partial charge in [0.25, 0.3) is 5.91 Å². The van der Waals surface area contributed by atoms with Gasteiger partial charge in [0, 0.05) is 18.7 Å². The molecule has 4 nitrogen and oxygen atoms in total. The normalized spacial score (nSPS) is 16.2. The predicted octanol–water partition coefficient (Wildman–Crippen LogP) is 4.58. The molecular formula is C25H22F2N2O2. The van der Waals surface area contributed by atoms with Crippen molar-refractivity contribution in [2.75, 3.05) is 6.54 Å². The number of carbonyl (C=O) groups excluding carboxylic acids is 2. The number of benzene rings is 3. The number of nitrogens with one attached hydrogen (secondary N) is 1. The lowest BCUT2D eigenvalue weighted by atomic mass is 9.99. The van der Waals surface area contributed by atoms with Crippen LogP contribution in [0.5, 0.6) is 0 Å². The van der Waals surface area contributed by atoms with Gasteiger partial charge in [-0.25, -0.2) is 8.78 Å². The van der Waals surface area contributed by atoms with E-state index < -0.39 is 11.9 Å². The van der Waals surface area contributed by atoms with Gasteiger partial charge in [-0.05, 0) is 52.9 Å². The first-order chi connectivity index (χ1) is 14.9. The third kappa shape index (κ3) is 4.33. The Balaban J connectivity index is 1.60. The van der Waals surface area contributed by atoms with Crippen LogP contribution in [0.15, 0.2) is 72.8 Å². The van der Waals surface area contributed by atoms with E-state index in [1.54, 1.807) is 12.1 Å². The van der Waals surface area contributed by atoms with Gasteiger partial charge >= 0.3 is 0 Å². The van der Waals surface area contributed by atoms with Crippen LogP contribution in [-0.2, 0) is 11.3 Å². The largest absolute Gasteiger partial charge is 0.350 e. The molecule has 0 spiro atoms. The Morgan fingerprint density at radius 2 is 1.68 bits per heavy atom. The topological polar surface area (TPSA) is 49.4 Å². The Hall–Kier alpha value is -3.54. The SMILES string of the molecule is CC(CN1C(=O)c2ccc(F)cc2C1C(=O)NCc1ccccc1)c1ccc(F)cc1. The molecule has 1 N–H and O–H groups in total. The average molecular weight is 420 g/mol. The molecule has 158 valence electrons. The van der Waals surface area contributed by atoms with E-state index in [0.29, 0.717) is 17.7 Å². The Morgan fingerprint density at radius 3 is 2.39 bits per heavy atom. The van der Waals surface area contributed by atoms with Crippen molar-refractivity contribution < 1.29 is 18.4 Å². The smallest absolute Gasteiger partial charge is 0.255 e. The van der Waals surface area contributed by atoms with Crippen molar-refractivity contribution in [3.05, 3.63) is 107 Å². The van der Waals surface area contributed by atoms with Gasteiger partial charge in [-0.15, -0.1) is 0 Å². The number of hydrogen-bond donors (Lipinski definition) is 1. The van der Waals surface area contributed by atoms with Crippen LogP contribution in [0.1, 0.15) is 45.9 Å². The minimum atomic E-state index is -0.926. The summed E-state index contributed by atoms with van der Waals surface area (Å²) in [7, 11) is 0. The van der Waals surface area contributed by atoms with E-state index in [1.165, 1.54) is 35.2 Å². The minimum Gasteiger partial charge on any atom is -0.350 e. The monoisotopic (exact) mass is 420 g/mol. The van der Waals surface area contributed by atoms with Crippen LogP contribution >= 0.6 is 0 Å². The third-order valence-corrected chi connectivity index (χ3v) is 5.58. The standard InChI is InChI=1S/C25H22F2N2O2/c1-16(18-7-9-19(26)10-8-18)15-29-23(22-13-20(27)11-12-21(22)25(29)31)24(30)28-14-17-5-3-2-4-6-17/h2-13,16,23H,14-15H2,1H3,(H,28,30). The van der Waals surface area contributed by atoms with Crippen LogP contribution in [0.4, 0.5) is 8.78 Å². The summed E-state index contributed by atoms with van der Waals surface area (Å²) in [5.74, 6) is -1.67. The first-order valence-electron chi connectivity index (χ1n) is 10.1. The first-order valence-corrected chi connectivity index (χ1v) is 10.1. The molecule has 31 heavy (non-hydrogen) atoms. The quantitative estimate of drug-likeness (QED) is 0.635. The predicted molar refractivity (Wildman–Crippen MR) is 113 cm³/mol. The number of rotatable bonds is 6. The Labute approximate surface area is 179 Å². The van der Waals surface area contributed by atoms with Crippen LogP contribution in [0.2, 0.25) is 0 Å². The van der Waals surface area contributed by atoms with Crippen LogP contribution < -0.4 is 5.32 Å². The summed E-state index contributed by atoms with van der Waals surface area (Å²) in [5, 5.41) is 2.87. The number of hydrogen-bond acceptors (Lipinski definition) is 2. The molecule has 3 aromatic carbocycles. The van der Waals surface area contributed by atoms with Gasteiger partial charge in [0.1, 0.15) is 17.7 Å². The van der Waals surface area contributed by atoms with E-state index in [-0.39, 0.29) is 30.1 Å². The first kappa shape index (κ1) is 20.7. The summed E-state index contributed by atoms with van der Waals surface area (Å²) in [6.07, 6.45) is 0. The minimum absolute atomic E-state index is 0.145. The van der Waals surface area contributed by atoms with E-state index in [0.717, 1.165) is 11.1 Å². The van der Waals surface area contributed by atoms with E-state index in [2.05, 4.69) is 5.32 Å². The fourth-order valence-corrected chi connectivity index (χ4v) is 3.94. The second kappa shape index (κ2) is 8.68. The lowest BCUT2D eigenvalue weighted by Gasteiger charge is -2.27. The molecule has 0 saturated heterocycles. The number of amides is 2. The zero-order valence-electron chi connectivity index (χ0n) is 17.0. The molecule has 0 bridgehead atoms. The van der Waals surface area contributed by atoms with Gasteiger partial charge < -0.3 is 10.2 Å². The van der Waals surface area contributed by atoms with E-state index in [9.17, 15) is 18.4 Å². The summed E-state index contributed by atoms with van der Waals surface area (Å²) in [6, 6.07) is 18.5. The van der Waals surface area contributed by atoms with Crippen molar-refractivity contribution >= 4 is 11.8 Å². The fourth-order valence-electron chi connectivity index (χ4n) is 3.94. The van der Waals surface area contributed by atoms with Gasteiger partial charge in [-0.3, -0.25) is 9.59 Å². The molecule has 2 amide bonds. The fraction of sp³-hybridized carbons (Fsp3) is 0.200. The molecule has 1 aliphatic heterocycles. The summed E-state index contributed by atoms with van der Waals surface area (Å²) >= 11 is 0. The number of carbonyl (C=O) groups is 2. The van der Waals surface area contributed by atoms with E-state index in [4.69, 9.17) is 0 Å². The molecule has 0 aliphatic carbocycles. The van der Waals surface area contributed by atoms with Crippen molar-refractivity contribution in [2.45, 2.75) is 25.4 Å². The van der Waals surface area contributed by atoms with E-state index >= 15 is 0 Å². The Bertz CT molecular complexity index is 1100. The molecule has 4 rings (SSSR count). The molecule has 0 aromatic heterocycles. The highest BCUT2D eigenvalue weighted by Crippen LogP contribution is 2.36.